The lowest BCUT2D eigenvalue weighted by molar-refractivity contribution is -0.123. The Balaban J connectivity index is 1.34. The number of pyridine rings is 1. The van der Waals surface area contributed by atoms with Gasteiger partial charge in [0.2, 0.25) is 5.91 Å². The minimum Gasteiger partial charge on any atom is -0.492 e. The number of aromatic nitrogens is 1. The summed E-state index contributed by atoms with van der Waals surface area (Å²) in [5.41, 5.74) is 0.452. The van der Waals surface area contributed by atoms with Crippen LogP contribution in [0.25, 0.3) is 0 Å². The smallest absolute Gasteiger partial charge is 0.224 e. The second kappa shape index (κ2) is 7.45. The molecule has 1 aromatic carbocycles. The van der Waals surface area contributed by atoms with Crippen LogP contribution in [0.3, 0.4) is 0 Å². The summed E-state index contributed by atoms with van der Waals surface area (Å²) in [5, 5.41) is 2.83. The average molecular weight is 390 g/mol. The van der Waals surface area contributed by atoms with E-state index in [1.54, 1.807) is 19.2 Å². The molecule has 1 N–H and O–H groups in total. The maximum absolute atomic E-state index is 13.9. The minimum atomic E-state index is -0.968. The van der Waals surface area contributed by atoms with Gasteiger partial charge in [0.1, 0.15) is 23.2 Å². The van der Waals surface area contributed by atoms with Gasteiger partial charge >= 0.3 is 0 Å². The van der Waals surface area contributed by atoms with Gasteiger partial charge in [0.15, 0.2) is 0 Å². The lowest BCUT2D eigenvalue weighted by Gasteiger charge is -2.14. The van der Waals surface area contributed by atoms with E-state index in [0.29, 0.717) is 42.5 Å². The van der Waals surface area contributed by atoms with Crippen LogP contribution < -0.4 is 10.1 Å². The summed E-state index contributed by atoms with van der Waals surface area (Å²) < 4.78 is 46.5. The molecule has 2 aliphatic carbocycles. The first-order chi connectivity index (χ1) is 13.4. The van der Waals surface area contributed by atoms with Crippen molar-refractivity contribution in [3.05, 3.63) is 59.2 Å². The molecule has 148 valence electrons. The number of halogens is 3. The van der Waals surface area contributed by atoms with Crippen LogP contribution in [0.2, 0.25) is 0 Å². The Bertz CT molecular complexity index is 861. The van der Waals surface area contributed by atoms with Crippen molar-refractivity contribution in [2.45, 2.75) is 38.1 Å². The lowest BCUT2D eigenvalue weighted by atomic mass is 10.1. The number of amides is 1. The molecule has 1 unspecified atom stereocenters. The van der Waals surface area contributed by atoms with Gasteiger partial charge in [0, 0.05) is 29.5 Å². The van der Waals surface area contributed by atoms with Gasteiger partial charge in [-0.05, 0) is 44.2 Å². The van der Waals surface area contributed by atoms with E-state index >= 15 is 0 Å². The predicted octanol–water partition coefficient (Wildman–Crippen LogP) is 4.27. The Kier molecular flexibility index (Phi) is 5.00. The van der Waals surface area contributed by atoms with E-state index in [1.165, 1.54) is 12.8 Å². The highest BCUT2D eigenvalue weighted by Gasteiger charge is 2.47. The van der Waals surface area contributed by atoms with Gasteiger partial charge in [-0.25, -0.2) is 13.2 Å². The van der Waals surface area contributed by atoms with Crippen molar-refractivity contribution in [3.63, 3.8) is 0 Å². The topological polar surface area (TPSA) is 51.2 Å². The van der Waals surface area contributed by atoms with Gasteiger partial charge in [0.05, 0.1) is 24.5 Å². The normalized spacial score (nSPS) is 21.9. The van der Waals surface area contributed by atoms with Crippen molar-refractivity contribution >= 4 is 5.91 Å². The van der Waals surface area contributed by atoms with Gasteiger partial charge in [-0.15, -0.1) is 0 Å². The fraction of sp³-hybridized carbons (Fsp3) is 0.429. The van der Waals surface area contributed by atoms with Crippen molar-refractivity contribution in [2.75, 3.05) is 6.61 Å². The Morgan fingerprint density at radius 2 is 1.96 bits per heavy atom. The molecule has 3 atom stereocenters. The molecule has 0 aliphatic heterocycles. The number of nitrogens with zero attached hydrogens (tertiary/aromatic N) is 1. The molecule has 1 aromatic heterocycles. The number of nitrogens with one attached hydrogen (secondary N) is 1. The summed E-state index contributed by atoms with van der Waals surface area (Å²) in [6.07, 6.45) is 4.38. The second-order valence-corrected chi connectivity index (χ2v) is 7.64. The molecule has 28 heavy (non-hydrogen) atoms. The summed E-state index contributed by atoms with van der Waals surface area (Å²) in [4.78, 5) is 16.8. The van der Waals surface area contributed by atoms with Gasteiger partial charge in [-0.2, -0.15) is 0 Å². The van der Waals surface area contributed by atoms with Crippen molar-refractivity contribution < 1.29 is 22.7 Å². The molecule has 0 spiro atoms. The van der Waals surface area contributed by atoms with Crippen LogP contribution in [0.1, 0.15) is 49.4 Å². The molecule has 4 rings (SSSR count). The van der Waals surface area contributed by atoms with E-state index < -0.39 is 29.3 Å². The molecule has 0 saturated heterocycles. The maximum Gasteiger partial charge on any atom is 0.224 e. The molecule has 2 fully saturated rings. The second-order valence-electron chi connectivity index (χ2n) is 7.64. The van der Waals surface area contributed by atoms with Crippen LogP contribution in [-0.4, -0.2) is 17.5 Å². The Morgan fingerprint density at radius 1 is 1.25 bits per heavy atom. The molecular formula is C21H21F3N2O2. The number of rotatable bonds is 7. The molecule has 2 aliphatic rings. The number of carbonyl (C=O) groups is 1. The molecule has 1 heterocycles. The maximum atomic E-state index is 13.9. The van der Waals surface area contributed by atoms with Crippen LogP contribution in [0, 0.1) is 29.3 Å². The van der Waals surface area contributed by atoms with Gasteiger partial charge in [0.25, 0.3) is 0 Å². The number of ether oxygens (including phenoxy) is 1. The zero-order chi connectivity index (χ0) is 19.8. The molecular weight excluding hydrogens is 369 g/mol. The molecule has 2 saturated carbocycles. The molecule has 2 aromatic rings. The van der Waals surface area contributed by atoms with Crippen LogP contribution in [0.4, 0.5) is 13.2 Å². The van der Waals surface area contributed by atoms with Gasteiger partial charge < -0.3 is 10.1 Å². The summed E-state index contributed by atoms with van der Waals surface area (Å²) >= 11 is 0. The van der Waals surface area contributed by atoms with E-state index in [-0.39, 0.29) is 17.5 Å². The third-order valence-electron chi connectivity index (χ3n) is 5.29. The lowest BCUT2D eigenvalue weighted by Crippen LogP contribution is -2.29. The highest BCUT2D eigenvalue weighted by atomic mass is 19.1. The first kappa shape index (κ1) is 18.8. The number of carbonyl (C=O) groups excluding carboxylic acids is 1. The Hall–Kier alpha value is -2.57. The highest BCUT2D eigenvalue weighted by Crippen LogP contribution is 2.49. The Labute approximate surface area is 161 Å². The van der Waals surface area contributed by atoms with E-state index in [9.17, 15) is 18.0 Å². The van der Waals surface area contributed by atoms with Crippen molar-refractivity contribution in [1.29, 1.82) is 0 Å². The summed E-state index contributed by atoms with van der Waals surface area (Å²) in [6, 6.07) is 4.54. The number of hydrogen-bond acceptors (Lipinski definition) is 3. The summed E-state index contributed by atoms with van der Waals surface area (Å²) in [5.74, 6) is -2.92. The molecule has 0 radical (unpaired) electrons. The van der Waals surface area contributed by atoms with Crippen molar-refractivity contribution in [2.24, 2.45) is 11.8 Å². The molecule has 4 nitrogen and oxygen atoms in total. The zero-order valence-corrected chi connectivity index (χ0v) is 15.4. The van der Waals surface area contributed by atoms with Crippen molar-refractivity contribution in [3.8, 4) is 5.75 Å². The van der Waals surface area contributed by atoms with Gasteiger partial charge in [-0.1, -0.05) is 0 Å². The third-order valence-corrected chi connectivity index (χ3v) is 5.29. The first-order valence-electron chi connectivity index (χ1n) is 9.46. The third kappa shape index (κ3) is 4.13. The van der Waals surface area contributed by atoms with Crippen molar-refractivity contribution in [1.82, 2.24) is 10.3 Å². The monoisotopic (exact) mass is 390 g/mol. The highest BCUT2D eigenvalue weighted by molar-refractivity contribution is 5.83. The van der Waals surface area contributed by atoms with Crippen LogP contribution in [0.15, 0.2) is 30.5 Å². The predicted molar refractivity (Wildman–Crippen MR) is 96.2 cm³/mol. The fourth-order valence-corrected chi connectivity index (χ4v) is 3.34. The summed E-state index contributed by atoms with van der Waals surface area (Å²) in [6.45, 7) is 2.49. The Morgan fingerprint density at radius 3 is 2.57 bits per heavy atom. The van der Waals surface area contributed by atoms with Crippen LogP contribution >= 0.6 is 0 Å². The SMILES string of the molecule is CC(NC(=O)[C@@H]1C[C@H]1c1c(F)cc(F)cc1F)c1ccc(OCC2CC2)cn1. The van der Waals surface area contributed by atoms with E-state index in [2.05, 4.69) is 10.3 Å². The largest absolute Gasteiger partial charge is 0.492 e. The number of hydrogen-bond donors (Lipinski definition) is 1. The standard InChI is InChI=1S/C21H21F3N2O2/c1-11(19-5-4-14(9-25-19)28-10-12-2-3-12)26-21(27)16-8-15(16)20-17(23)6-13(22)7-18(20)24/h4-7,9,11-12,15-16H,2-3,8,10H2,1H3,(H,26,27)/t11?,15-,16-/m1/s1. The van der Waals surface area contributed by atoms with Crippen LogP contribution in [-0.2, 0) is 4.79 Å². The quantitative estimate of drug-likeness (QED) is 0.768. The molecule has 0 bridgehead atoms. The minimum absolute atomic E-state index is 0.218. The zero-order valence-electron chi connectivity index (χ0n) is 15.4. The van der Waals surface area contributed by atoms with E-state index in [0.717, 1.165) is 0 Å². The van der Waals surface area contributed by atoms with E-state index in [4.69, 9.17) is 4.74 Å². The fourth-order valence-electron chi connectivity index (χ4n) is 3.34. The average Bonchev–Trinajstić information content (AvgIpc) is 3.54. The number of benzene rings is 1. The molecule has 7 heteroatoms. The molecule has 1 amide bonds. The van der Waals surface area contributed by atoms with Gasteiger partial charge in [-0.3, -0.25) is 9.78 Å². The van der Waals surface area contributed by atoms with E-state index in [1.807, 2.05) is 6.07 Å². The first-order valence-corrected chi connectivity index (χ1v) is 9.46. The van der Waals surface area contributed by atoms with Crippen LogP contribution in [0.5, 0.6) is 5.75 Å². The summed E-state index contributed by atoms with van der Waals surface area (Å²) in [7, 11) is 0.